The van der Waals surface area contributed by atoms with Crippen molar-refractivity contribution in [3.63, 3.8) is 0 Å². The van der Waals surface area contributed by atoms with E-state index in [-0.39, 0.29) is 22.9 Å². The summed E-state index contributed by atoms with van der Waals surface area (Å²) >= 11 is 0. The van der Waals surface area contributed by atoms with Crippen LogP contribution in [-0.2, 0) is 14.3 Å². The Morgan fingerprint density at radius 3 is 2.57 bits per heavy atom. The minimum Gasteiger partial charge on any atom is -0.469 e. The van der Waals surface area contributed by atoms with Gasteiger partial charge in [-0.1, -0.05) is 20.8 Å². The standard InChI is InChI=1S/C26H40O4/c1-16(5-8-23(29)30-4)20-6-7-21-24-17(15-27)13-18-14-19(28)9-11-25(18,2)22(24)10-12-26(20,21)3/h16,18-22,24,28H,5-14H2,1-4H3/t16-,18?,19-,20-,21+,22+,24+,25+,26-/m1/s1. The molecule has 0 amide bonds. The van der Waals surface area contributed by atoms with E-state index in [2.05, 4.69) is 26.7 Å². The van der Waals surface area contributed by atoms with Crippen LogP contribution in [0.2, 0.25) is 0 Å². The summed E-state index contributed by atoms with van der Waals surface area (Å²) in [7, 11) is 1.47. The molecular formula is C26H40O4. The van der Waals surface area contributed by atoms with Gasteiger partial charge in [0.1, 0.15) is 5.94 Å². The summed E-state index contributed by atoms with van der Waals surface area (Å²) < 4.78 is 4.86. The summed E-state index contributed by atoms with van der Waals surface area (Å²) in [6.07, 6.45) is 9.69. The van der Waals surface area contributed by atoms with E-state index in [4.69, 9.17) is 4.74 Å². The minimum atomic E-state index is -0.201. The van der Waals surface area contributed by atoms with Crippen molar-refractivity contribution in [3.8, 4) is 0 Å². The fourth-order valence-electron chi connectivity index (χ4n) is 8.70. The van der Waals surface area contributed by atoms with E-state index in [0.717, 1.165) is 37.7 Å². The third-order valence-corrected chi connectivity index (χ3v) is 10.4. The second kappa shape index (κ2) is 8.10. The van der Waals surface area contributed by atoms with Crippen LogP contribution >= 0.6 is 0 Å². The van der Waals surface area contributed by atoms with Gasteiger partial charge in [-0.3, -0.25) is 4.79 Å². The van der Waals surface area contributed by atoms with E-state index in [0.29, 0.717) is 41.9 Å². The highest BCUT2D eigenvalue weighted by Crippen LogP contribution is 2.69. The van der Waals surface area contributed by atoms with Gasteiger partial charge in [0.25, 0.3) is 0 Å². The maximum atomic E-state index is 12.1. The van der Waals surface area contributed by atoms with Gasteiger partial charge < -0.3 is 9.84 Å². The number of aliphatic hydroxyl groups is 1. The summed E-state index contributed by atoms with van der Waals surface area (Å²) in [4.78, 5) is 23.8. The number of aliphatic hydroxyl groups excluding tert-OH is 1. The van der Waals surface area contributed by atoms with Crippen LogP contribution in [0.3, 0.4) is 0 Å². The molecule has 1 unspecified atom stereocenters. The first-order chi connectivity index (χ1) is 14.2. The van der Waals surface area contributed by atoms with Gasteiger partial charge in [0, 0.05) is 12.0 Å². The van der Waals surface area contributed by atoms with E-state index in [9.17, 15) is 14.7 Å². The third-order valence-electron chi connectivity index (χ3n) is 10.4. The van der Waals surface area contributed by atoms with Crippen molar-refractivity contribution < 1.29 is 19.4 Å². The summed E-state index contributed by atoms with van der Waals surface area (Å²) in [6, 6.07) is 0. The molecule has 168 valence electrons. The molecule has 4 aliphatic carbocycles. The van der Waals surface area contributed by atoms with Gasteiger partial charge in [0.15, 0.2) is 0 Å². The SMILES string of the molecule is COC(=O)CC[C@@H](C)[C@H]1CC[C@H]2[C@@H]3C(=C=O)CC4C[C@H](O)CC[C@]4(C)[C@H]3CC[C@]12C. The topological polar surface area (TPSA) is 63.6 Å². The fourth-order valence-corrected chi connectivity index (χ4v) is 8.70. The molecule has 9 atom stereocenters. The Bertz CT molecular complexity index is 725. The summed E-state index contributed by atoms with van der Waals surface area (Å²) in [6.45, 7) is 7.24. The number of methoxy groups -OCH3 is 1. The molecule has 0 aromatic rings. The highest BCUT2D eigenvalue weighted by molar-refractivity contribution is 5.69. The molecule has 4 nitrogen and oxygen atoms in total. The molecule has 1 N–H and O–H groups in total. The Labute approximate surface area is 181 Å². The molecule has 0 spiro atoms. The number of rotatable bonds is 4. The second-order valence-electron chi connectivity index (χ2n) is 11.5. The van der Waals surface area contributed by atoms with Crippen LogP contribution in [-0.4, -0.2) is 30.2 Å². The van der Waals surface area contributed by atoms with Crippen molar-refractivity contribution >= 4 is 11.9 Å². The Kier molecular flexibility index (Phi) is 5.96. The van der Waals surface area contributed by atoms with Crippen LogP contribution in [0.1, 0.15) is 85.0 Å². The van der Waals surface area contributed by atoms with Crippen molar-refractivity contribution in [1.29, 1.82) is 0 Å². The lowest BCUT2D eigenvalue weighted by molar-refractivity contribution is -0.141. The molecule has 4 heteroatoms. The van der Waals surface area contributed by atoms with Crippen LogP contribution in [0.25, 0.3) is 0 Å². The zero-order valence-corrected chi connectivity index (χ0v) is 19.3. The molecule has 0 saturated heterocycles. The molecule has 4 saturated carbocycles. The number of esters is 1. The van der Waals surface area contributed by atoms with Gasteiger partial charge in [-0.05, 0) is 104 Å². The monoisotopic (exact) mass is 416 g/mol. The Hall–Kier alpha value is -1.12. The quantitative estimate of drug-likeness (QED) is 0.519. The number of allylic oxidation sites excluding steroid dienone is 1. The van der Waals surface area contributed by atoms with Crippen LogP contribution in [0.15, 0.2) is 5.57 Å². The number of hydrogen-bond acceptors (Lipinski definition) is 4. The average molecular weight is 417 g/mol. The van der Waals surface area contributed by atoms with Gasteiger partial charge in [-0.15, -0.1) is 0 Å². The lowest BCUT2D eigenvalue weighted by Gasteiger charge is -2.61. The fraction of sp³-hybridized carbons (Fsp3) is 0.885. The average Bonchev–Trinajstić information content (AvgIpc) is 3.09. The predicted molar refractivity (Wildman–Crippen MR) is 116 cm³/mol. The first-order valence-corrected chi connectivity index (χ1v) is 12.2. The second-order valence-corrected chi connectivity index (χ2v) is 11.5. The molecule has 0 radical (unpaired) electrons. The van der Waals surface area contributed by atoms with Gasteiger partial charge in [-0.25, -0.2) is 4.79 Å². The summed E-state index contributed by atoms with van der Waals surface area (Å²) in [5.74, 6) is 5.33. The molecule has 4 rings (SSSR count). The zero-order chi connectivity index (χ0) is 21.7. The van der Waals surface area contributed by atoms with Crippen LogP contribution < -0.4 is 0 Å². The normalized spacial score (nSPS) is 46.2. The highest BCUT2D eigenvalue weighted by atomic mass is 16.5. The number of hydrogen-bond donors (Lipinski definition) is 1. The van der Waals surface area contributed by atoms with Crippen molar-refractivity contribution in [2.75, 3.05) is 7.11 Å². The highest BCUT2D eigenvalue weighted by Gasteiger charge is 2.62. The Morgan fingerprint density at radius 2 is 1.87 bits per heavy atom. The lowest BCUT2D eigenvalue weighted by atomic mass is 9.43. The molecule has 4 aliphatic rings. The van der Waals surface area contributed by atoms with Crippen LogP contribution in [0.4, 0.5) is 0 Å². The Balaban J connectivity index is 1.58. The molecule has 0 heterocycles. The summed E-state index contributed by atoms with van der Waals surface area (Å²) in [5.41, 5.74) is 1.52. The zero-order valence-electron chi connectivity index (χ0n) is 19.3. The largest absolute Gasteiger partial charge is 0.469 e. The maximum absolute atomic E-state index is 12.1. The summed E-state index contributed by atoms with van der Waals surface area (Å²) in [5, 5.41) is 10.3. The van der Waals surface area contributed by atoms with E-state index in [1.54, 1.807) is 0 Å². The first-order valence-electron chi connectivity index (χ1n) is 12.2. The van der Waals surface area contributed by atoms with Gasteiger partial charge in [-0.2, -0.15) is 0 Å². The number of ether oxygens (including phenoxy) is 1. The van der Waals surface area contributed by atoms with Crippen LogP contribution in [0.5, 0.6) is 0 Å². The lowest BCUT2D eigenvalue weighted by Crippen LogP contribution is -2.55. The molecular weight excluding hydrogens is 376 g/mol. The molecule has 0 bridgehead atoms. The smallest absolute Gasteiger partial charge is 0.305 e. The number of carbonyl (C=O) groups is 1. The van der Waals surface area contributed by atoms with Gasteiger partial charge >= 0.3 is 5.97 Å². The van der Waals surface area contributed by atoms with E-state index in [1.807, 2.05) is 0 Å². The molecule has 4 fully saturated rings. The van der Waals surface area contributed by atoms with Gasteiger partial charge in [0.05, 0.1) is 13.2 Å². The molecule has 30 heavy (non-hydrogen) atoms. The van der Waals surface area contributed by atoms with Crippen molar-refractivity contribution in [2.45, 2.75) is 91.1 Å². The predicted octanol–water partition coefficient (Wildman–Crippen LogP) is 4.96. The van der Waals surface area contributed by atoms with Gasteiger partial charge in [0.2, 0.25) is 0 Å². The Morgan fingerprint density at radius 1 is 1.17 bits per heavy atom. The third kappa shape index (κ3) is 3.39. The maximum Gasteiger partial charge on any atom is 0.305 e. The first kappa shape index (κ1) is 22.1. The van der Waals surface area contributed by atoms with Crippen molar-refractivity contribution in [3.05, 3.63) is 5.57 Å². The van der Waals surface area contributed by atoms with E-state index < -0.39 is 0 Å². The number of carbonyl (C=O) groups excluding carboxylic acids is 2. The van der Waals surface area contributed by atoms with E-state index >= 15 is 0 Å². The van der Waals surface area contributed by atoms with Crippen molar-refractivity contribution in [1.82, 2.24) is 0 Å². The molecule has 0 aromatic heterocycles. The molecule has 0 aromatic carbocycles. The van der Waals surface area contributed by atoms with E-state index in [1.165, 1.54) is 32.8 Å². The molecule has 0 aliphatic heterocycles. The minimum absolute atomic E-state index is 0.109. The van der Waals surface area contributed by atoms with Crippen molar-refractivity contribution in [2.24, 2.45) is 46.3 Å². The number of fused-ring (bicyclic) bond motifs is 5. The van der Waals surface area contributed by atoms with Crippen LogP contribution in [0, 0.1) is 46.3 Å².